The van der Waals surface area contributed by atoms with Crippen molar-refractivity contribution in [2.24, 2.45) is 0 Å². The van der Waals surface area contributed by atoms with Crippen LogP contribution in [0.25, 0.3) is 0 Å². The molecule has 0 saturated carbocycles. The predicted molar refractivity (Wildman–Crippen MR) is 102 cm³/mol. The minimum atomic E-state index is -1.38. The minimum absolute atomic E-state index is 0.631. The molecule has 0 aromatic carbocycles. The van der Waals surface area contributed by atoms with Crippen LogP contribution in [-0.2, 0) is 0 Å². The fourth-order valence-electron chi connectivity index (χ4n) is 3.68. The molecule has 2 aliphatic carbocycles. The second-order valence-corrected chi connectivity index (χ2v) is 12.3. The van der Waals surface area contributed by atoms with Crippen LogP contribution in [0.4, 0.5) is 0 Å². The second-order valence-electron chi connectivity index (χ2n) is 7.78. The molecule has 0 atom stereocenters. The van der Waals surface area contributed by atoms with Crippen molar-refractivity contribution in [3.05, 3.63) is 46.3 Å². The van der Waals surface area contributed by atoms with E-state index in [9.17, 15) is 0 Å². The van der Waals surface area contributed by atoms with Crippen molar-refractivity contribution >= 4 is 8.07 Å². The summed E-state index contributed by atoms with van der Waals surface area (Å²) in [5.74, 6) is 0. The summed E-state index contributed by atoms with van der Waals surface area (Å²) in [7, 11) is -1.38. The molecule has 2 rings (SSSR count). The first-order chi connectivity index (χ1) is 10.3. The summed E-state index contributed by atoms with van der Waals surface area (Å²) in [4.78, 5) is 2.60. The van der Waals surface area contributed by atoms with E-state index in [0.717, 1.165) is 0 Å². The van der Waals surface area contributed by atoms with Crippen LogP contribution in [0.3, 0.4) is 0 Å². The van der Waals surface area contributed by atoms with Crippen LogP contribution >= 0.6 is 0 Å². The Kier molecular flexibility index (Phi) is 5.68. The third-order valence-corrected chi connectivity index (χ3v) is 9.24. The number of hydrogen-bond donors (Lipinski definition) is 0. The van der Waals surface area contributed by atoms with Crippen LogP contribution in [0, 0.1) is 0 Å². The molecule has 0 amide bonds. The summed E-state index contributed by atoms with van der Waals surface area (Å²) in [5, 5.41) is 3.41. The van der Waals surface area contributed by atoms with Crippen molar-refractivity contribution in [1.29, 1.82) is 0 Å². The summed E-state index contributed by atoms with van der Waals surface area (Å²) >= 11 is 0. The van der Waals surface area contributed by atoms with E-state index in [4.69, 9.17) is 0 Å². The minimum Gasteiger partial charge on any atom is -0.298 e. The molecule has 0 heterocycles. The van der Waals surface area contributed by atoms with Gasteiger partial charge >= 0.3 is 0 Å². The van der Waals surface area contributed by atoms with E-state index in [2.05, 4.69) is 76.1 Å². The van der Waals surface area contributed by atoms with Gasteiger partial charge in [0, 0.05) is 18.6 Å². The smallest absolute Gasteiger partial charge is 0.103 e. The maximum Gasteiger partial charge on any atom is 0.103 e. The van der Waals surface area contributed by atoms with Crippen LogP contribution in [0.2, 0.25) is 13.1 Å². The fourth-order valence-corrected chi connectivity index (χ4v) is 6.39. The Labute approximate surface area is 138 Å². The second kappa shape index (κ2) is 7.14. The van der Waals surface area contributed by atoms with Gasteiger partial charge in [-0.3, -0.25) is 4.90 Å². The number of nitrogens with zero attached hydrogens (tertiary/aromatic N) is 1. The molecule has 2 heteroatoms. The molecule has 0 bridgehead atoms. The molecule has 0 N–H and O–H groups in total. The van der Waals surface area contributed by atoms with Crippen molar-refractivity contribution in [3.63, 3.8) is 0 Å². The summed E-state index contributed by atoms with van der Waals surface area (Å²) in [6.07, 6.45) is 15.5. The molecule has 0 fully saturated rings. The third kappa shape index (κ3) is 3.91. The van der Waals surface area contributed by atoms with Crippen LogP contribution < -0.4 is 0 Å². The highest BCUT2D eigenvalue weighted by molar-refractivity contribution is 6.90. The van der Waals surface area contributed by atoms with Crippen LogP contribution in [0.1, 0.15) is 47.0 Å². The maximum atomic E-state index is 2.60. The number of rotatable bonds is 7. The molecule has 0 radical (unpaired) electrons. The molecule has 0 unspecified atom stereocenters. The Hall–Kier alpha value is -0.863. The van der Waals surface area contributed by atoms with Gasteiger partial charge < -0.3 is 0 Å². The normalized spacial score (nSPS) is 18.5. The molecule has 1 nitrogen and oxygen atoms in total. The summed E-state index contributed by atoms with van der Waals surface area (Å²) in [6.45, 7) is 15.4. The summed E-state index contributed by atoms with van der Waals surface area (Å²) in [6, 6.07) is 1.26. The van der Waals surface area contributed by atoms with E-state index in [0.29, 0.717) is 12.1 Å². The van der Waals surface area contributed by atoms with Crippen molar-refractivity contribution in [2.75, 3.05) is 6.54 Å². The molecular formula is C20H33NSi. The maximum absolute atomic E-state index is 2.60. The first-order valence-corrected chi connectivity index (χ1v) is 11.8. The van der Waals surface area contributed by atoms with Crippen LogP contribution in [-0.4, -0.2) is 31.6 Å². The number of allylic oxidation sites excluding steroid dienone is 7. The molecule has 0 spiro atoms. The molecule has 0 aliphatic heterocycles. The summed E-state index contributed by atoms with van der Waals surface area (Å²) in [5.41, 5.74) is 1.56. The SMILES string of the molecule is CC(C)N(CCC1=CCC([Si](C)(C)C2=CC=CC2)=C1)C(C)C. The lowest BCUT2D eigenvalue weighted by molar-refractivity contribution is 0.178. The third-order valence-electron chi connectivity index (χ3n) is 5.31. The largest absolute Gasteiger partial charge is 0.298 e. The van der Waals surface area contributed by atoms with E-state index in [1.807, 2.05) is 0 Å². The van der Waals surface area contributed by atoms with Gasteiger partial charge in [0.25, 0.3) is 0 Å². The average molecular weight is 316 g/mol. The van der Waals surface area contributed by atoms with Crippen molar-refractivity contribution in [3.8, 4) is 0 Å². The first-order valence-electron chi connectivity index (χ1n) is 8.84. The van der Waals surface area contributed by atoms with Crippen molar-refractivity contribution in [1.82, 2.24) is 4.90 Å². The molecule has 122 valence electrons. The standard InChI is InChI=1S/C20H33NSi/c1-16(2)21(17(3)4)14-13-18-11-12-20(15-18)22(5,6)19-9-7-8-10-19/h7-9,11,15-17H,10,12-14H2,1-6H3. The Morgan fingerprint density at radius 1 is 1.05 bits per heavy atom. The van der Waals surface area contributed by atoms with Gasteiger partial charge in [0.2, 0.25) is 0 Å². The lowest BCUT2D eigenvalue weighted by Crippen LogP contribution is -2.37. The molecule has 0 aromatic rings. The van der Waals surface area contributed by atoms with Gasteiger partial charge in [0.15, 0.2) is 0 Å². The Morgan fingerprint density at radius 2 is 1.73 bits per heavy atom. The van der Waals surface area contributed by atoms with Gasteiger partial charge in [-0.1, -0.05) is 59.4 Å². The van der Waals surface area contributed by atoms with Crippen LogP contribution in [0.15, 0.2) is 46.3 Å². The summed E-state index contributed by atoms with van der Waals surface area (Å²) < 4.78 is 0. The highest BCUT2D eigenvalue weighted by Gasteiger charge is 2.31. The van der Waals surface area contributed by atoms with Crippen molar-refractivity contribution in [2.45, 2.75) is 72.1 Å². The zero-order chi connectivity index (χ0) is 16.3. The lowest BCUT2D eigenvalue weighted by atomic mass is 10.1. The van der Waals surface area contributed by atoms with Gasteiger partial charge in [-0.05, 0) is 47.0 Å². The molecular weight excluding hydrogens is 282 g/mol. The van der Waals surface area contributed by atoms with E-state index < -0.39 is 8.07 Å². The number of hydrogen-bond acceptors (Lipinski definition) is 1. The van der Waals surface area contributed by atoms with E-state index in [1.165, 1.54) is 25.8 Å². The van der Waals surface area contributed by atoms with Crippen molar-refractivity contribution < 1.29 is 0 Å². The van der Waals surface area contributed by atoms with E-state index in [-0.39, 0.29) is 0 Å². The van der Waals surface area contributed by atoms with E-state index >= 15 is 0 Å². The topological polar surface area (TPSA) is 3.24 Å². The zero-order valence-electron chi connectivity index (χ0n) is 15.3. The predicted octanol–water partition coefficient (Wildman–Crippen LogP) is 5.42. The highest BCUT2D eigenvalue weighted by atomic mass is 28.3. The van der Waals surface area contributed by atoms with Gasteiger partial charge in [0.05, 0.1) is 0 Å². The van der Waals surface area contributed by atoms with Gasteiger partial charge in [0.1, 0.15) is 8.07 Å². The molecule has 2 aliphatic rings. The lowest BCUT2D eigenvalue weighted by Gasteiger charge is -2.30. The van der Waals surface area contributed by atoms with Gasteiger partial charge in [-0.25, -0.2) is 0 Å². The molecule has 0 saturated heterocycles. The average Bonchev–Trinajstić information content (AvgIpc) is 3.10. The Bertz CT molecular complexity index is 510. The molecule has 0 aromatic heterocycles. The van der Waals surface area contributed by atoms with Crippen LogP contribution in [0.5, 0.6) is 0 Å². The fraction of sp³-hybridized carbons (Fsp3) is 0.600. The van der Waals surface area contributed by atoms with E-state index in [1.54, 1.807) is 16.0 Å². The molecule has 22 heavy (non-hydrogen) atoms. The van der Waals surface area contributed by atoms with Gasteiger partial charge in [-0.2, -0.15) is 0 Å². The zero-order valence-corrected chi connectivity index (χ0v) is 16.3. The quantitative estimate of drug-likeness (QED) is 0.567. The Morgan fingerprint density at radius 3 is 2.27 bits per heavy atom. The first kappa shape index (κ1) is 17.5. The Balaban J connectivity index is 1.96. The monoisotopic (exact) mass is 315 g/mol. The van der Waals surface area contributed by atoms with Gasteiger partial charge in [-0.15, -0.1) is 0 Å². The highest BCUT2D eigenvalue weighted by Crippen LogP contribution is 2.35.